The molecule has 2 aromatic rings. The Balaban J connectivity index is 1.34. The summed E-state index contributed by atoms with van der Waals surface area (Å²) in [5.41, 5.74) is 9.75. The normalized spacial score (nSPS) is 23.0. The summed E-state index contributed by atoms with van der Waals surface area (Å²) in [5, 5.41) is 0. The third-order valence-corrected chi connectivity index (χ3v) is 5.58. The Morgan fingerprint density at radius 3 is 2.96 bits per heavy atom. The molecule has 5 heteroatoms. The predicted octanol–water partition coefficient (Wildman–Crippen LogP) is 2.56. The first kappa shape index (κ1) is 16.5. The molecule has 132 valence electrons. The molecule has 1 fully saturated rings. The van der Waals surface area contributed by atoms with Gasteiger partial charge < -0.3 is 15.4 Å². The van der Waals surface area contributed by atoms with Gasteiger partial charge in [-0.2, -0.15) is 0 Å². The van der Waals surface area contributed by atoms with Crippen LogP contribution in [0.25, 0.3) is 0 Å². The molecule has 1 spiro atoms. The number of anilines is 1. The molecule has 25 heavy (non-hydrogen) atoms. The van der Waals surface area contributed by atoms with Crippen LogP contribution in [0.4, 0.5) is 5.95 Å². The van der Waals surface area contributed by atoms with Gasteiger partial charge in [0.2, 0.25) is 5.95 Å². The van der Waals surface area contributed by atoms with E-state index in [9.17, 15) is 0 Å². The zero-order chi connectivity index (χ0) is 17.1. The number of hydrogen-bond acceptors (Lipinski definition) is 5. The maximum absolute atomic E-state index is 5.87. The van der Waals surface area contributed by atoms with E-state index in [1.807, 2.05) is 12.3 Å². The van der Waals surface area contributed by atoms with E-state index in [-0.39, 0.29) is 5.41 Å². The summed E-state index contributed by atoms with van der Waals surface area (Å²) in [6, 6.07) is 10.4. The highest BCUT2D eigenvalue weighted by Crippen LogP contribution is 2.43. The Hall–Kier alpha value is -1.98. The van der Waals surface area contributed by atoms with Crippen LogP contribution in [-0.4, -0.2) is 41.1 Å². The largest absolute Gasteiger partial charge is 0.375 e. The van der Waals surface area contributed by atoms with E-state index in [0.29, 0.717) is 12.6 Å². The summed E-state index contributed by atoms with van der Waals surface area (Å²) < 4.78 is 5.87. The number of likely N-dealkylation sites (tertiary alicyclic amines) is 1. The Morgan fingerprint density at radius 2 is 2.08 bits per heavy atom. The van der Waals surface area contributed by atoms with Gasteiger partial charge in [0.05, 0.1) is 18.9 Å². The molecule has 1 saturated heterocycles. The van der Waals surface area contributed by atoms with Crippen molar-refractivity contribution in [3.63, 3.8) is 0 Å². The number of rotatable bonds is 5. The van der Waals surface area contributed by atoms with Crippen LogP contribution in [0.5, 0.6) is 0 Å². The van der Waals surface area contributed by atoms with E-state index in [0.717, 1.165) is 32.7 Å². The van der Waals surface area contributed by atoms with Gasteiger partial charge in [-0.25, -0.2) is 9.97 Å². The number of hydrogen-bond donors (Lipinski definition) is 1. The minimum absolute atomic E-state index is 0.171. The van der Waals surface area contributed by atoms with Crippen molar-refractivity contribution in [3.05, 3.63) is 53.3 Å². The van der Waals surface area contributed by atoms with Gasteiger partial charge in [0.25, 0.3) is 0 Å². The summed E-state index contributed by atoms with van der Waals surface area (Å²) in [5.74, 6) is 0.406. The Morgan fingerprint density at radius 1 is 1.20 bits per heavy atom. The van der Waals surface area contributed by atoms with Crippen LogP contribution in [0.1, 0.15) is 36.1 Å². The molecule has 1 atom stereocenters. The minimum Gasteiger partial charge on any atom is -0.375 e. The van der Waals surface area contributed by atoms with Crippen LogP contribution < -0.4 is 5.73 Å². The molecule has 2 aliphatic rings. The molecule has 4 rings (SSSR count). The fourth-order valence-electron chi connectivity index (χ4n) is 4.33. The number of aromatic nitrogens is 2. The van der Waals surface area contributed by atoms with E-state index < -0.39 is 0 Å². The first-order valence-electron chi connectivity index (χ1n) is 9.21. The lowest BCUT2D eigenvalue weighted by Gasteiger charge is -2.40. The van der Waals surface area contributed by atoms with Gasteiger partial charge in [-0.3, -0.25) is 0 Å². The van der Waals surface area contributed by atoms with Gasteiger partial charge >= 0.3 is 0 Å². The molecule has 2 heterocycles. The maximum atomic E-state index is 5.87. The van der Waals surface area contributed by atoms with Crippen LogP contribution in [0, 0.1) is 0 Å². The number of benzene rings is 1. The van der Waals surface area contributed by atoms with E-state index in [1.54, 1.807) is 0 Å². The lowest BCUT2D eigenvalue weighted by molar-refractivity contribution is 0.0681. The van der Waals surface area contributed by atoms with E-state index in [4.69, 9.17) is 10.5 Å². The highest BCUT2D eigenvalue weighted by atomic mass is 16.5. The number of nitrogens with two attached hydrogens (primary N) is 1. The zero-order valence-electron chi connectivity index (χ0n) is 14.7. The van der Waals surface area contributed by atoms with Gasteiger partial charge in [0.15, 0.2) is 0 Å². The SMILES string of the molecule is Nc1ncc2c(n1)C1(CCCN(CCOCc3ccccc3)C1)CC2. The third kappa shape index (κ3) is 3.53. The second kappa shape index (κ2) is 7.10. The van der Waals surface area contributed by atoms with Gasteiger partial charge in [-0.1, -0.05) is 30.3 Å². The van der Waals surface area contributed by atoms with Crippen LogP contribution >= 0.6 is 0 Å². The molecule has 5 nitrogen and oxygen atoms in total. The second-order valence-electron chi connectivity index (χ2n) is 7.30. The Kier molecular flexibility index (Phi) is 4.68. The van der Waals surface area contributed by atoms with Gasteiger partial charge in [-0.05, 0) is 43.4 Å². The quantitative estimate of drug-likeness (QED) is 0.849. The standard InChI is InChI=1S/C20H26N4O/c21-19-22-13-17-7-9-20(18(17)23-19)8-4-10-24(15-20)11-12-25-14-16-5-2-1-3-6-16/h1-3,5-6,13H,4,7-12,14-15H2,(H2,21,22,23). The summed E-state index contributed by atoms with van der Waals surface area (Å²) in [6.45, 7) is 4.64. The summed E-state index contributed by atoms with van der Waals surface area (Å²) in [7, 11) is 0. The minimum atomic E-state index is 0.171. The molecule has 1 aliphatic carbocycles. The molecular formula is C20H26N4O. The monoisotopic (exact) mass is 338 g/mol. The average molecular weight is 338 g/mol. The third-order valence-electron chi connectivity index (χ3n) is 5.58. The molecule has 1 aromatic carbocycles. The molecule has 2 N–H and O–H groups in total. The van der Waals surface area contributed by atoms with E-state index >= 15 is 0 Å². The smallest absolute Gasteiger partial charge is 0.220 e. The molecular weight excluding hydrogens is 312 g/mol. The molecule has 0 radical (unpaired) electrons. The second-order valence-corrected chi connectivity index (χ2v) is 7.30. The van der Waals surface area contributed by atoms with Gasteiger partial charge in [0.1, 0.15) is 0 Å². The lowest BCUT2D eigenvalue weighted by atomic mass is 9.77. The first-order chi connectivity index (χ1) is 12.3. The van der Waals surface area contributed by atoms with Gasteiger partial charge in [-0.15, -0.1) is 0 Å². The highest BCUT2D eigenvalue weighted by Gasteiger charge is 2.43. The number of ether oxygens (including phenoxy) is 1. The van der Waals surface area contributed by atoms with Crippen molar-refractivity contribution < 1.29 is 4.74 Å². The fourth-order valence-corrected chi connectivity index (χ4v) is 4.33. The maximum Gasteiger partial charge on any atom is 0.220 e. The van der Waals surface area contributed by atoms with Gasteiger partial charge in [0, 0.05) is 24.7 Å². The summed E-state index contributed by atoms with van der Waals surface area (Å²) >= 11 is 0. The fraction of sp³-hybridized carbons (Fsp3) is 0.500. The van der Waals surface area contributed by atoms with Crippen molar-refractivity contribution >= 4 is 5.95 Å². The number of aryl methyl sites for hydroxylation is 1. The van der Waals surface area contributed by atoms with E-state index in [2.05, 4.69) is 39.1 Å². The molecule has 0 saturated carbocycles. The van der Waals surface area contributed by atoms with Crippen molar-refractivity contribution in [2.75, 3.05) is 32.0 Å². The number of fused-ring (bicyclic) bond motifs is 2. The average Bonchev–Trinajstić information content (AvgIpc) is 2.97. The topological polar surface area (TPSA) is 64.3 Å². The molecule has 0 bridgehead atoms. The molecule has 1 aliphatic heterocycles. The zero-order valence-corrected chi connectivity index (χ0v) is 14.7. The number of nitrogens with zero attached hydrogens (tertiary/aromatic N) is 3. The summed E-state index contributed by atoms with van der Waals surface area (Å²) in [6.07, 6.45) is 6.59. The Bertz CT molecular complexity index is 717. The number of nitrogen functional groups attached to an aromatic ring is 1. The van der Waals surface area contributed by atoms with Crippen molar-refractivity contribution in [1.29, 1.82) is 0 Å². The number of piperidine rings is 1. The lowest BCUT2D eigenvalue weighted by Crippen LogP contribution is -2.46. The van der Waals surface area contributed by atoms with Crippen LogP contribution in [0.3, 0.4) is 0 Å². The van der Waals surface area contributed by atoms with E-state index in [1.165, 1.54) is 36.1 Å². The molecule has 1 aromatic heterocycles. The van der Waals surface area contributed by atoms with Crippen LogP contribution in [-0.2, 0) is 23.2 Å². The molecule has 0 amide bonds. The first-order valence-corrected chi connectivity index (χ1v) is 9.21. The Labute approximate surface area is 149 Å². The van der Waals surface area contributed by atoms with Crippen molar-refractivity contribution in [2.24, 2.45) is 0 Å². The van der Waals surface area contributed by atoms with Crippen molar-refractivity contribution in [1.82, 2.24) is 14.9 Å². The van der Waals surface area contributed by atoms with Crippen molar-refractivity contribution in [2.45, 2.75) is 37.7 Å². The predicted molar refractivity (Wildman–Crippen MR) is 98.2 cm³/mol. The molecule has 1 unspecified atom stereocenters. The highest BCUT2D eigenvalue weighted by molar-refractivity contribution is 5.37. The summed E-state index contributed by atoms with van der Waals surface area (Å²) in [4.78, 5) is 11.3. The van der Waals surface area contributed by atoms with Crippen molar-refractivity contribution in [3.8, 4) is 0 Å². The van der Waals surface area contributed by atoms with Crippen LogP contribution in [0.15, 0.2) is 36.5 Å². The van der Waals surface area contributed by atoms with Crippen LogP contribution in [0.2, 0.25) is 0 Å².